The molecule has 0 spiro atoms. The molecule has 1 aliphatic carbocycles. The Labute approximate surface area is 154 Å². The van der Waals surface area contributed by atoms with Gasteiger partial charge < -0.3 is 15.5 Å². The van der Waals surface area contributed by atoms with Gasteiger partial charge in [0, 0.05) is 6.42 Å². The van der Waals surface area contributed by atoms with E-state index in [2.05, 4.69) is 17.4 Å². The van der Waals surface area contributed by atoms with Gasteiger partial charge in [0.2, 0.25) is 5.91 Å². The minimum atomic E-state index is -0.705. The first-order chi connectivity index (χ1) is 12.7. The Bertz CT molecular complexity index is 716. The first kappa shape index (κ1) is 18.6. The first-order valence-corrected chi connectivity index (χ1v) is 9.38. The molecule has 2 aromatic rings. The molecule has 0 unspecified atom stereocenters. The average Bonchev–Trinajstić information content (AvgIpc) is 2.68. The zero-order chi connectivity index (χ0) is 18.4. The summed E-state index contributed by atoms with van der Waals surface area (Å²) in [5, 5.41) is 22.8. The quantitative estimate of drug-likeness (QED) is 0.716. The number of carbonyl (C=O) groups is 1. The third-order valence-corrected chi connectivity index (χ3v) is 5.20. The number of carbonyl (C=O) groups excluding carboxylic acids is 1. The maximum absolute atomic E-state index is 12.5. The van der Waals surface area contributed by atoms with Crippen LogP contribution < -0.4 is 5.32 Å². The predicted molar refractivity (Wildman–Crippen MR) is 102 cm³/mol. The fourth-order valence-corrected chi connectivity index (χ4v) is 3.84. The Hall–Kier alpha value is -2.17. The number of fused-ring (bicyclic) bond motifs is 1. The molecule has 3 atom stereocenters. The smallest absolute Gasteiger partial charge is 0.220 e. The van der Waals surface area contributed by atoms with Crippen LogP contribution in [-0.2, 0) is 11.2 Å². The summed E-state index contributed by atoms with van der Waals surface area (Å²) >= 11 is 0. The van der Waals surface area contributed by atoms with Crippen LogP contribution in [0.3, 0.4) is 0 Å². The summed E-state index contributed by atoms with van der Waals surface area (Å²) in [5.41, 5.74) is 3.41. The molecule has 2 aromatic carbocycles. The largest absolute Gasteiger partial charge is 0.394 e. The number of hydrogen-bond acceptors (Lipinski definition) is 3. The summed E-state index contributed by atoms with van der Waals surface area (Å²) in [6, 6.07) is 17.2. The van der Waals surface area contributed by atoms with Gasteiger partial charge in [-0.3, -0.25) is 4.79 Å². The molecule has 3 N–H and O–H groups in total. The van der Waals surface area contributed by atoms with Gasteiger partial charge >= 0.3 is 0 Å². The third kappa shape index (κ3) is 4.71. The molecular formula is C22H27NO3. The molecule has 0 saturated heterocycles. The van der Waals surface area contributed by atoms with Gasteiger partial charge in [0.15, 0.2) is 0 Å². The lowest BCUT2D eigenvalue weighted by atomic mass is 9.81. The van der Waals surface area contributed by atoms with Crippen LogP contribution in [0.15, 0.2) is 54.6 Å². The van der Waals surface area contributed by atoms with Crippen molar-refractivity contribution >= 4 is 5.91 Å². The van der Waals surface area contributed by atoms with Crippen LogP contribution in [0.4, 0.5) is 0 Å². The SMILES string of the molecule is O=C(C[C@@H]1CCCc2ccccc21)N[C@H](CO)C[C@H](O)c1ccccc1. The van der Waals surface area contributed by atoms with Gasteiger partial charge in [0.25, 0.3) is 0 Å². The highest BCUT2D eigenvalue weighted by atomic mass is 16.3. The lowest BCUT2D eigenvalue weighted by Crippen LogP contribution is -2.39. The molecule has 0 saturated carbocycles. The van der Waals surface area contributed by atoms with Gasteiger partial charge in [-0.25, -0.2) is 0 Å². The third-order valence-electron chi connectivity index (χ3n) is 5.20. The molecule has 3 rings (SSSR count). The Morgan fingerprint density at radius 1 is 1.12 bits per heavy atom. The number of benzene rings is 2. The molecule has 0 bridgehead atoms. The molecule has 26 heavy (non-hydrogen) atoms. The van der Waals surface area contributed by atoms with E-state index in [0.717, 1.165) is 24.8 Å². The number of aliphatic hydroxyl groups excluding tert-OH is 2. The number of hydrogen-bond donors (Lipinski definition) is 3. The van der Waals surface area contributed by atoms with Crippen molar-refractivity contribution in [3.05, 3.63) is 71.3 Å². The van der Waals surface area contributed by atoms with Crippen molar-refractivity contribution in [2.45, 2.75) is 50.2 Å². The molecule has 0 aromatic heterocycles. The topological polar surface area (TPSA) is 69.6 Å². The van der Waals surface area contributed by atoms with Crippen LogP contribution in [-0.4, -0.2) is 28.8 Å². The molecule has 138 valence electrons. The Morgan fingerprint density at radius 3 is 2.62 bits per heavy atom. The maximum atomic E-state index is 12.5. The molecule has 0 fully saturated rings. The molecule has 0 aliphatic heterocycles. The standard InChI is InChI=1S/C22H27NO3/c24-15-19(14-21(25)17-8-2-1-3-9-17)23-22(26)13-18-11-6-10-16-7-4-5-12-20(16)18/h1-5,7-9,12,18-19,21,24-25H,6,10-11,13-15H2,(H,23,26)/t18-,19-,21-/m0/s1. The zero-order valence-electron chi connectivity index (χ0n) is 15.0. The van der Waals surface area contributed by atoms with E-state index in [1.807, 2.05) is 42.5 Å². The van der Waals surface area contributed by atoms with Crippen molar-refractivity contribution in [1.82, 2.24) is 5.32 Å². The number of aryl methyl sites for hydroxylation is 1. The van der Waals surface area contributed by atoms with Gasteiger partial charge in [-0.15, -0.1) is 0 Å². The van der Waals surface area contributed by atoms with E-state index >= 15 is 0 Å². The number of amides is 1. The fraction of sp³-hybridized carbons (Fsp3) is 0.409. The van der Waals surface area contributed by atoms with E-state index in [1.54, 1.807) is 0 Å². The van der Waals surface area contributed by atoms with Crippen LogP contribution >= 0.6 is 0 Å². The summed E-state index contributed by atoms with van der Waals surface area (Å²) in [7, 11) is 0. The van der Waals surface area contributed by atoms with E-state index in [1.165, 1.54) is 11.1 Å². The van der Waals surface area contributed by atoms with Crippen LogP contribution in [0, 0.1) is 0 Å². The summed E-state index contributed by atoms with van der Waals surface area (Å²) in [6.07, 6.45) is 3.22. The average molecular weight is 353 g/mol. The monoisotopic (exact) mass is 353 g/mol. The van der Waals surface area contributed by atoms with Gasteiger partial charge in [-0.1, -0.05) is 54.6 Å². The Balaban J connectivity index is 1.57. The van der Waals surface area contributed by atoms with Crippen molar-refractivity contribution in [2.75, 3.05) is 6.61 Å². The van der Waals surface area contributed by atoms with E-state index in [4.69, 9.17) is 0 Å². The molecule has 4 nitrogen and oxygen atoms in total. The van der Waals surface area contributed by atoms with Crippen LogP contribution in [0.2, 0.25) is 0 Å². The zero-order valence-corrected chi connectivity index (χ0v) is 15.0. The molecule has 0 radical (unpaired) electrons. The minimum Gasteiger partial charge on any atom is -0.394 e. The second-order valence-electron chi connectivity index (χ2n) is 7.10. The van der Waals surface area contributed by atoms with Gasteiger partial charge in [0.05, 0.1) is 18.8 Å². The second kappa shape index (κ2) is 8.97. The maximum Gasteiger partial charge on any atom is 0.220 e. The second-order valence-corrected chi connectivity index (χ2v) is 7.10. The molecule has 1 aliphatic rings. The highest BCUT2D eigenvalue weighted by Crippen LogP contribution is 2.33. The molecule has 1 amide bonds. The van der Waals surface area contributed by atoms with Gasteiger partial charge in [0.1, 0.15) is 0 Å². The highest BCUT2D eigenvalue weighted by molar-refractivity contribution is 5.77. The number of rotatable bonds is 7. The molecule has 4 heteroatoms. The van der Waals surface area contributed by atoms with Crippen LogP contribution in [0.25, 0.3) is 0 Å². The lowest BCUT2D eigenvalue weighted by molar-refractivity contribution is -0.122. The number of nitrogens with one attached hydrogen (secondary N) is 1. The van der Waals surface area contributed by atoms with Crippen molar-refractivity contribution in [2.24, 2.45) is 0 Å². The summed E-state index contributed by atoms with van der Waals surface area (Å²) in [4.78, 5) is 12.5. The van der Waals surface area contributed by atoms with Crippen LogP contribution in [0.5, 0.6) is 0 Å². The molecular weight excluding hydrogens is 326 g/mol. The van der Waals surface area contributed by atoms with Crippen molar-refractivity contribution in [3.8, 4) is 0 Å². The van der Waals surface area contributed by atoms with E-state index < -0.39 is 12.1 Å². The van der Waals surface area contributed by atoms with Crippen molar-refractivity contribution < 1.29 is 15.0 Å². The normalized spacial score (nSPS) is 18.6. The highest BCUT2D eigenvalue weighted by Gasteiger charge is 2.24. The van der Waals surface area contributed by atoms with Crippen LogP contribution in [0.1, 0.15) is 54.4 Å². The number of aliphatic hydroxyl groups is 2. The minimum absolute atomic E-state index is 0.0639. The summed E-state index contributed by atoms with van der Waals surface area (Å²) in [6.45, 7) is -0.184. The molecule has 0 heterocycles. The Morgan fingerprint density at radius 2 is 1.85 bits per heavy atom. The van der Waals surface area contributed by atoms with Crippen molar-refractivity contribution in [3.63, 3.8) is 0 Å². The summed E-state index contributed by atoms with van der Waals surface area (Å²) in [5.74, 6) is 0.171. The van der Waals surface area contributed by atoms with E-state index in [0.29, 0.717) is 12.8 Å². The van der Waals surface area contributed by atoms with E-state index in [9.17, 15) is 15.0 Å². The Kier molecular flexibility index (Phi) is 6.42. The van der Waals surface area contributed by atoms with E-state index in [-0.39, 0.29) is 18.4 Å². The summed E-state index contributed by atoms with van der Waals surface area (Å²) < 4.78 is 0. The predicted octanol–water partition coefficient (Wildman–Crippen LogP) is 3.10. The van der Waals surface area contributed by atoms with Crippen molar-refractivity contribution in [1.29, 1.82) is 0 Å². The first-order valence-electron chi connectivity index (χ1n) is 9.38. The van der Waals surface area contributed by atoms with Gasteiger partial charge in [-0.2, -0.15) is 0 Å². The lowest BCUT2D eigenvalue weighted by Gasteiger charge is -2.26. The fourth-order valence-electron chi connectivity index (χ4n) is 3.84. The van der Waals surface area contributed by atoms with Gasteiger partial charge in [-0.05, 0) is 48.3 Å².